The van der Waals surface area contributed by atoms with E-state index in [1.807, 2.05) is 24.0 Å². The van der Waals surface area contributed by atoms with E-state index in [-0.39, 0.29) is 24.8 Å². The zero-order valence-electron chi connectivity index (χ0n) is 17.3. The number of nitrogens with one attached hydrogen (secondary N) is 1. The van der Waals surface area contributed by atoms with Gasteiger partial charge in [-0.3, -0.25) is 9.59 Å². The number of hydrogen-bond donors (Lipinski definition) is 1. The Hall–Kier alpha value is -3.10. The number of anilines is 1. The summed E-state index contributed by atoms with van der Waals surface area (Å²) in [6, 6.07) is 9.63. The first-order valence-electron chi connectivity index (χ1n) is 10.2. The average Bonchev–Trinajstić information content (AvgIpc) is 3.00. The van der Waals surface area contributed by atoms with Crippen LogP contribution in [0.1, 0.15) is 34.3 Å². The molecule has 2 aromatic rings. The number of carbonyl (C=O) groups excluding carboxylic acids is 2. The number of halogens is 3. The largest absolute Gasteiger partial charge is 0.417 e. The van der Waals surface area contributed by atoms with Gasteiger partial charge in [-0.05, 0) is 37.1 Å². The van der Waals surface area contributed by atoms with E-state index < -0.39 is 11.7 Å². The van der Waals surface area contributed by atoms with E-state index >= 15 is 0 Å². The summed E-state index contributed by atoms with van der Waals surface area (Å²) in [6.07, 6.45) is -2.71. The third-order valence-electron chi connectivity index (χ3n) is 5.26. The number of aryl methyl sites for hydroxylation is 1. The molecule has 0 aliphatic carbocycles. The van der Waals surface area contributed by atoms with Gasteiger partial charge in [0, 0.05) is 50.9 Å². The molecule has 1 aliphatic heterocycles. The monoisotopic (exact) mass is 434 g/mol. The maximum absolute atomic E-state index is 12.7. The Morgan fingerprint density at radius 2 is 1.84 bits per heavy atom. The van der Waals surface area contributed by atoms with Gasteiger partial charge in [0.1, 0.15) is 5.82 Å². The van der Waals surface area contributed by atoms with Crippen LogP contribution in [0.15, 0.2) is 42.6 Å². The standard InChI is InChI=1S/C22H25F3N4O2/c1-16-5-2-3-6-18(16)21(31)26-10-9-20(30)29-12-4-11-28(13-14-29)19-8-7-17(15-27-19)22(23,24)25/h2-3,5-8,15H,4,9-14H2,1H3,(H,26,31). The van der Waals surface area contributed by atoms with Crippen molar-refractivity contribution in [1.82, 2.24) is 15.2 Å². The predicted molar refractivity (Wildman–Crippen MR) is 111 cm³/mol. The summed E-state index contributed by atoms with van der Waals surface area (Å²) in [5.41, 5.74) is 0.677. The highest BCUT2D eigenvalue weighted by Crippen LogP contribution is 2.29. The van der Waals surface area contributed by atoms with Crippen LogP contribution in [0.25, 0.3) is 0 Å². The van der Waals surface area contributed by atoms with Crippen LogP contribution < -0.4 is 10.2 Å². The van der Waals surface area contributed by atoms with Gasteiger partial charge in [0.25, 0.3) is 5.91 Å². The Bertz CT molecular complexity index is 916. The van der Waals surface area contributed by atoms with Crippen molar-refractivity contribution < 1.29 is 22.8 Å². The molecule has 2 amide bonds. The molecule has 0 saturated carbocycles. The minimum absolute atomic E-state index is 0.0627. The zero-order chi connectivity index (χ0) is 22.4. The van der Waals surface area contributed by atoms with Crippen molar-refractivity contribution in [3.8, 4) is 0 Å². The Balaban J connectivity index is 1.48. The molecule has 0 bridgehead atoms. The normalized spacial score (nSPS) is 14.8. The van der Waals surface area contributed by atoms with Gasteiger partial charge in [-0.2, -0.15) is 13.2 Å². The SMILES string of the molecule is Cc1ccccc1C(=O)NCCC(=O)N1CCCN(c2ccc(C(F)(F)F)cn2)CC1. The number of amides is 2. The van der Waals surface area contributed by atoms with E-state index in [1.54, 1.807) is 17.0 Å². The zero-order valence-corrected chi connectivity index (χ0v) is 17.3. The molecule has 1 saturated heterocycles. The van der Waals surface area contributed by atoms with Crippen LogP contribution in [-0.4, -0.2) is 54.4 Å². The van der Waals surface area contributed by atoms with Crippen molar-refractivity contribution in [3.05, 3.63) is 59.3 Å². The molecule has 1 aromatic heterocycles. The highest BCUT2D eigenvalue weighted by atomic mass is 19.4. The molecule has 9 heteroatoms. The van der Waals surface area contributed by atoms with E-state index in [9.17, 15) is 22.8 Å². The van der Waals surface area contributed by atoms with Crippen molar-refractivity contribution in [2.24, 2.45) is 0 Å². The van der Waals surface area contributed by atoms with Crippen molar-refractivity contribution in [3.63, 3.8) is 0 Å². The summed E-state index contributed by atoms with van der Waals surface area (Å²) in [5.74, 6) is 0.196. The van der Waals surface area contributed by atoms with Crippen LogP contribution in [-0.2, 0) is 11.0 Å². The maximum Gasteiger partial charge on any atom is 0.417 e. The number of carbonyl (C=O) groups is 2. The van der Waals surface area contributed by atoms with Crippen molar-refractivity contribution in [2.75, 3.05) is 37.6 Å². The van der Waals surface area contributed by atoms with Crippen LogP contribution >= 0.6 is 0 Å². The molecule has 1 fully saturated rings. The van der Waals surface area contributed by atoms with Crippen LogP contribution in [0, 0.1) is 6.92 Å². The van der Waals surface area contributed by atoms with E-state index in [0.29, 0.717) is 44.0 Å². The van der Waals surface area contributed by atoms with Crippen molar-refractivity contribution in [1.29, 1.82) is 0 Å². The fourth-order valence-electron chi connectivity index (χ4n) is 3.50. The fourth-order valence-corrected chi connectivity index (χ4v) is 3.50. The third kappa shape index (κ3) is 5.96. The number of hydrogen-bond acceptors (Lipinski definition) is 4. The molecule has 1 aliphatic rings. The molecule has 2 heterocycles. The second-order valence-electron chi connectivity index (χ2n) is 7.45. The average molecular weight is 434 g/mol. The molecule has 31 heavy (non-hydrogen) atoms. The van der Waals surface area contributed by atoms with E-state index in [4.69, 9.17) is 0 Å². The molecule has 3 rings (SSSR count). The lowest BCUT2D eigenvalue weighted by molar-refractivity contribution is -0.137. The van der Waals surface area contributed by atoms with Gasteiger partial charge in [0.2, 0.25) is 5.91 Å². The third-order valence-corrected chi connectivity index (χ3v) is 5.26. The summed E-state index contributed by atoms with van der Waals surface area (Å²) in [6.45, 7) is 4.20. The highest BCUT2D eigenvalue weighted by molar-refractivity contribution is 5.95. The topological polar surface area (TPSA) is 65.5 Å². The second kappa shape index (κ2) is 9.80. The minimum atomic E-state index is -4.41. The van der Waals surface area contributed by atoms with Crippen LogP contribution in [0.5, 0.6) is 0 Å². The summed E-state index contributed by atoms with van der Waals surface area (Å²) in [5, 5.41) is 2.78. The van der Waals surface area contributed by atoms with Crippen LogP contribution in [0.4, 0.5) is 19.0 Å². The molecule has 1 N–H and O–H groups in total. The molecule has 166 valence electrons. The van der Waals surface area contributed by atoms with Crippen LogP contribution in [0.3, 0.4) is 0 Å². The lowest BCUT2D eigenvalue weighted by Crippen LogP contribution is -2.37. The first-order valence-corrected chi connectivity index (χ1v) is 10.2. The molecular formula is C22H25F3N4O2. The van der Waals surface area contributed by atoms with E-state index in [1.165, 1.54) is 6.07 Å². The lowest BCUT2D eigenvalue weighted by Gasteiger charge is -2.23. The van der Waals surface area contributed by atoms with Gasteiger partial charge in [-0.25, -0.2) is 4.98 Å². The number of alkyl halides is 3. The number of benzene rings is 1. The first-order chi connectivity index (χ1) is 14.8. The Morgan fingerprint density at radius 1 is 1.06 bits per heavy atom. The van der Waals surface area contributed by atoms with E-state index in [0.717, 1.165) is 17.8 Å². The van der Waals surface area contributed by atoms with Crippen LogP contribution in [0.2, 0.25) is 0 Å². The van der Waals surface area contributed by atoms with E-state index in [2.05, 4.69) is 10.3 Å². The molecule has 0 radical (unpaired) electrons. The maximum atomic E-state index is 12.7. The predicted octanol–water partition coefficient (Wildman–Crippen LogP) is 3.27. The Labute approximate surface area is 179 Å². The smallest absolute Gasteiger partial charge is 0.355 e. The number of pyridine rings is 1. The van der Waals surface area contributed by atoms with Gasteiger partial charge >= 0.3 is 6.18 Å². The summed E-state index contributed by atoms with van der Waals surface area (Å²) >= 11 is 0. The summed E-state index contributed by atoms with van der Waals surface area (Å²) in [4.78, 5) is 32.3. The minimum Gasteiger partial charge on any atom is -0.355 e. The number of rotatable bonds is 5. The quantitative estimate of drug-likeness (QED) is 0.785. The second-order valence-corrected chi connectivity index (χ2v) is 7.45. The molecule has 1 aromatic carbocycles. The molecule has 0 atom stereocenters. The highest BCUT2D eigenvalue weighted by Gasteiger charge is 2.31. The molecule has 6 nitrogen and oxygen atoms in total. The van der Waals surface area contributed by atoms with Gasteiger partial charge in [-0.15, -0.1) is 0 Å². The lowest BCUT2D eigenvalue weighted by atomic mass is 10.1. The fraction of sp³-hybridized carbons (Fsp3) is 0.409. The molecular weight excluding hydrogens is 409 g/mol. The molecule has 0 unspecified atom stereocenters. The van der Waals surface area contributed by atoms with Gasteiger partial charge < -0.3 is 15.1 Å². The Morgan fingerprint density at radius 3 is 2.52 bits per heavy atom. The van der Waals surface area contributed by atoms with Gasteiger partial charge in [0.05, 0.1) is 5.56 Å². The summed E-state index contributed by atoms with van der Waals surface area (Å²) in [7, 11) is 0. The van der Waals surface area contributed by atoms with Gasteiger partial charge in [-0.1, -0.05) is 18.2 Å². The number of aromatic nitrogens is 1. The number of nitrogens with zero attached hydrogens (tertiary/aromatic N) is 3. The van der Waals surface area contributed by atoms with Crippen molar-refractivity contribution in [2.45, 2.75) is 25.9 Å². The Kier molecular flexibility index (Phi) is 7.14. The first kappa shape index (κ1) is 22.6. The van der Waals surface area contributed by atoms with Gasteiger partial charge in [0.15, 0.2) is 0 Å². The molecule has 0 spiro atoms. The van der Waals surface area contributed by atoms with Crippen molar-refractivity contribution >= 4 is 17.6 Å². The summed E-state index contributed by atoms with van der Waals surface area (Å²) < 4.78 is 38.1.